The molecule has 1 aliphatic rings. The fourth-order valence-corrected chi connectivity index (χ4v) is 3.45. The topological polar surface area (TPSA) is 59.9 Å². The third-order valence-electron chi connectivity index (χ3n) is 4.27. The van der Waals surface area contributed by atoms with Crippen molar-refractivity contribution in [2.45, 2.75) is 18.3 Å². The number of anilines is 1. The number of nitrogens with one attached hydrogen (secondary N) is 1. The van der Waals surface area contributed by atoms with E-state index in [0.29, 0.717) is 22.5 Å². The van der Waals surface area contributed by atoms with Crippen LogP contribution < -0.4 is 10.1 Å². The average molecular weight is 388 g/mol. The molecule has 0 unspecified atom stereocenters. The van der Waals surface area contributed by atoms with Crippen LogP contribution in [0.3, 0.4) is 0 Å². The second kappa shape index (κ2) is 8.27. The van der Waals surface area contributed by atoms with Gasteiger partial charge in [0.25, 0.3) is 0 Å². The van der Waals surface area contributed by atoms with Gasteiger partial charge in [-0.05, 0) is 24.1 Å². The molecule has 0 saturated heterocycles. The molecule has 0 aliphatic carbocycles. The van der Waals surface area contributed by atoms with E-state index in [1.165, 1.54) is 11.8 Å². The Hall–Kier alpha value is -3.12. The van der Waals surface area contributed by atoms with Crippen LogP contribution in [0.4, 0.5) is 5.69 Å². The summed E-state index contributed by atoms with van der Waals surface area (Å²) in [5.41, 5.74) is 4.66. The molecule has 5 nitrogen and oxygen atoms in total. The van der Waals surface area contributed by atoms with E-state index in [0.717, 1.165) is 22.4 Å². The molecule has 0 amide bonds. The van der Waals surface area contributed by atoms with Crippen LogP contribution in [0.2, 0.25) is 0 Å². The Kier molecular flexibility index (Phi) is 5.39. The number of para-hydroxylation sites is 1. The van der Waals surface area contributed by atoms with E-state index in [4.69, 9.17) is 4.74 Å². The minimum Gasteiger partial charge on any atom is -0.448 e. The normalized spacial score (nSPS) is 15.5. The van der Waals surface area contributed by atoms with Gasteiger partial charge in [-0.15, -0.1) is 16.8 Å². The van der Waals surface area contributed by atoms with Gasteiger partial charge in [-0.25, -0.2) is 0 Å². The van der Waals surface area contributed by atoms with Gasteiger partial charge >= 0.3 is 0 Å². The first kappa shape index (κ1) is 18.3. The first-order chi connectivity index (χ1) is 13.7. The molecule has 1 aromatic heterocycles. The van der Waals surface area contributed by atoms with E-state index in [1.807, 2.05) is 55.5 Å². The first-order valence-electron chi connectivity index (χ1n) is 8.99. The van der Waals surface area contributed by atoms with Crippen molar-refractivity contribution in [1.29, 1.82) is 0 Å². The summed E-state index contributed by atoms with van der Waals surface area (Å²) in [5.74, 6) is 1.19. The molecular formula is C22H20N4OS. The molecule has 28 heavy (non-hydrogen) atoms. The molecule has 0 radical (unpaired) electrons. The fourth-order valence-electron chi connectivity index (χ4n) is 2.94. The quantitative estimate of drug-likeness (QED) is 0.487. The minimum absolute atomic E-state index is 0.364. The zero-order valence-electron chi connectivity index (χ0n) is 15.5. The molecule has 0 spiro atoms. The minimum atomic E-state index is -0.364. The number of benzene rings is 2. The Balaban J connectivity index is 1.74. The maximum atomic E-state index is 6.26. The first-order valence-corrected chi connectivity index (χ1v) is 9.97. The van der Waals surface area contributed by atoms with E-state index in [9.17, 15) is 0 Å². The highest BCUT2D eigenvalue weighted by Crippen LogP contribution is 2.37. The zero-order valence-corrected chi connectivity index (χ0v) is 16.3. The third-order valence-corrected chi connectivity index (χ3v) is 5.10. The van der Waals surface area contributed by atoms with Crippen LogP contribution in [0, 0.1) is 0 Å². The summed E-state index contributed by atoms with van der Waals surface area (Å²) < 4.78 is 6.26. The molecule has 0 saturated carbocycles. The number of aromatic nitrogens is 3. The Morgan fingerprint density at radius 3 is 2.75 bits per heavy atom. The molecule has 2 aromatic carbocycles. The van der Waals surface area contributed by atoms with Crippen molar-refractivity contribution >= 4 is 23.5 Å². The average Bonchev–Trinajstić information content (AvgIpc) is 2.89. The van der Waals surface area contributed by atoms with Crippen molar-refractivity contribution in [3.8, 4) is 17.1 Å². The smallest absolute Gasteiger partial charge is 0.247 e. The Labute approximate surface area is 168 Å². The van der Waals surface area contributed by atoms with E-state index in [2.05, 4.69) is 45.3 Å². The number of thioether (sulfide) groups is 1. The highest BCUT2D eigenvalue weighted by Gasteiger charge is 2.25. The van der Waals surface area contributed by atoms with Gasteiger partial charge in [-0.1, -0.05) is 72.4 Å². The molecule has 4 rings (SSSR count). The SMILES string of the molecule is C=CCSc1nnc2c(n1)O[C@@H](/C(C)=C\c1ccccc1)Nc1ccccc1-2. The number of rotatable bonds is 5. The third kappa shape index (κ3) is 3.92. The highest BCUT2D eigenvalue weighted by atomic mass is 32.2. The predicted molar refractivity (Wildman–Crippen MR) is 114 cm³/mol. The second-order valence-corrected chi connectivity index (χ2v) is 7.32. The van der Waals surface area contributed by atoms with Gasteiger partial charge in [-0.2, -0.15) is 4.98 Å². The van der Waals surface area contributed by atoms with Crippen LogP contribution in [0.1, 0.15) is 12.5 Å². The van der Waals surface area contributed by atoms with Gasteiger partial charge < -0.3 is 10.1 Å². The van der Waals surface area contributed by atoms with Crippen molar-refractivity contribution in [3.63, 3.8) is 0 Å². The molecule has 3 aromatic rings. The van der Waals surface area contributed by atoms with Gasteiger partial charge in [0.05, 0.1) is 0 Å². The number of ether oxygens (including phenoxy) is 1. The van der Waals surface area contributed by atoms with E-state index < -0.39 is 0 Å². The maximum Gasteiger partial charge on any atom is 0.247 e. The molecule has 0 bridgehead atoms. The van der Waals surface area contributed by atoms with E-state index in [-0.39, 0.29) is 6.23 Å². The summed E-state index contributed by atoms with van der Waals surface area (Å²) in [4.78, 5) is 4.60. The van der Waals surface area contributed by atoms with Crippen LogP contribution >= 0.6 is 11.8 Å². The molecular weight excluding hydrogens is 368 g/mol. The Morgan fingerprint density at radius 2 is 1.93 bits per heavy atom. The lowest BCUT2D eigenvalue weighted by Crippen LogP contribution is -2.27. The van der Waals surface area contributed by atoms with Crippen molar-refractivity contribution in [3.05, 3.63) is 78.4 Å². The van der Waals surface area contributed by atoms with Crippen LogP contribution in [-0.4, -0.2) is 27.2 Å². The van der Waals surface area contributed by atoms with Gasteiger partial charge in [-0.3, -0.25) is 0 Å². The maximum absolute atomic E-state index is 6.26. The van der Waals surface area contributed by atoms with Crippen LogP contribution in [0.5, 0.6) is 5.88 Å². The van der Waals surface area contributed by atoms with Crippen LogP contribution in [0.15, 0.2) is 78.0 Å². The standard InChI is InChI=1S/C22H20N4OS/c1-3-13-28-22-24-21-19(25-26-22)17-11-7-8-12-18(17)23-20(27-21)15(2)14-16-9-5-4-6-10-16/h3-12,14,20,23H,1,13H2,2H3/b15-14-/t20-/m0/s1. The lowest BCUT2D eigenvalue weighted by Gasteiger charge is -2.20. The molecule has 2 heterocycles. The van der Waals surface area contributed by atoms with Crippen molar-refractivity contribution in [2.75, 3.05) is 11.1 Å². The fraction of sp³-hybridized carbons (Fsp3) is 0.136. The van der Waals surface area contributed by atoms with Crippen LogP contribution in [0.25, 0.3) is 17.3 Å². The summed E-state index contributed by atoms with van der Waals surface area (Å²) in [6.45, 7) is 5.78. The molecule has 1 aliphatic heterocycles. The van der Waals surface area contributed by atoms with Crippen molar-refractivity contribution in [1.82, 2.24) is 15.2 Å². The van der Waals surface area contributed by atoms with E-state index in [1.54, 1.807) is 0 Å². The predicted octanol–water partition coefficient (Wildman–Crippen LogP) is 5.05. The van der Waals surface area contributed by atoms with Crippen molar-refractivity contribution < 1.29 is 4.74 Å². The molecule has 1 atom stereocenters. The molecule has 6 heteroatoms. The Bertz CT molecular complexity index is 1020. The number of nitrogens with zero attached hydrogens (tertiary/aromatic N) is 3. The van der Waals surface area contributed by atoms with Gasteiger partial charge in [0.2, 0.25) is 11.0 Å². The zero-order chi connectivity index (χ0) is 19.3. The second-order valence-electron chi connectivity index (χ2n) is 6.33. The largest absolute Gasteiger partial charge is 0.448 e. The number of hydrogen-bond donors (Lipinski definition) is 1. The van der Waals surface area contributed by atoms with Gasteiger partial charge in [0, 0.05) is 17.0 Å². The highest BCUT2D eigenvalue weighted by molar-refractivity contribution is 7.99. The van der Waals surface area contributed by atoms with Crippen molar-refractivity contribution in [2.24, 2.45) is 0 Å². The Morgan fingerprint density at radius 1 is 1.14 bits per heavy atom. The molecule has 140 valence electrons. The lowest BCUT2D eigenvalue weighted by molar-refractivity contribution is 0.255. The summed E-state index contributed by atoms with van der Waals surface area (Å²) in [7, 11) is 0. The number of fused-ring (bicyclic) bond motifs is 3. The number of hydrogen-bond acceptors (Lipinski definition) is 6. The molecule has 0 fully saturated rings. The summed E-state index contributed by atoms with van der Waals surface area (Å²) in [6.07, 6.45) is 3.55. The lowest BCUT2D eigenvalue weighted by atomic mass is 10.1. The summed E-state index contributed by atoms with van der Waals surface area (Å²) in [5, 5.41) is 12.7. The van der Waals surface area contributed by atoms with Crippen LogP contribution in [-0.2, 0) is 0 Å². The van der Waals surface area contributed by atoms with Gasteiger partial charge in [0.15, 0.2) is 11.9 Å². The van der Waals surface area contributed by atoms with Gasteiger partial charge in [0.1, 0.15) is 0 Å². The molecule has 1 N–H and O–H groups in total. The summed E-state index contributed by atoms with van der Waals surface area (Å²) in [6, 6.07) is 18.1. The monoisotopic (exact) mass is 388 g/mol. The van der Waals surface area contributed by atoms with E-state index >= 15 is 0 Å². The summed E-state index contributed by atoms with van der Waals surface area (Å²) >= 11 is 1.48.